The number of likely N-dealkylation sites (N-methyl/N-ethyl adjacent to an activating group) is 1. The van der Waals surface area contributed by atoms with Gasteiger partial charge in [-0.15, -0.1) is 0 Å². The average molecular weight is 316 g/mol. The quantitative estimate of drug-likeness (QED) is 0.778. The van der Waals surface area contributed by atoms with Crippen LogP contribution in [0.4, 0.5) is 0 Å². The normalized spacial score (nSPS) is 16.6. The van der Waals surface area contributed by atoms with E-state index >= 15 is 0 Å². The highest BCUT2D eigenvalue weighted by Gasteiger charge is 2.18. The summed E-state index contributed by atoms with van der Waals surface area (Å²) in [5, 5.41) is 0.962. The largest absolute Gasteiger partial charge is 0.381 e. The van der Waals surface area contributed by atoms with Gasteiger partial charge in [0.2, 0.25) is 0 Å². The Balaban J connectivity index is 1.89. The summed E-state index contributed by atoms with van der Waals surface area (Å²) < 4.78 is 5.34. The first-order valence-electron chi connectivity index (χ1n) is 6.81. The first-order valence-corrected chi connectivity index (χ1v) is 7.56. The molecule has 1 aromatic carbocycles. The van der Waals surface area contributed by atoms with Gasteiger partial charge < -0.3 is 4.74 Å². The average Bonchev–Trinajstić information content (AvgIpc) is 2.39. The van der Waals surface area contributed by atoms with Crippen LogP contribution in [0.25, 0.3) is 0 Å². The predicted octanol–water partition coefficient (Wildman–Crippen LogP) is 3.53. The van der Waals surface area contributed by atoms with E-state index < -0.39 is 0 Å². The van der Waals surface area contributed by atoms with Crippen LogP contribution in [0.5, 0.6) is 0 Å². The maximum Gasteiger partial charge on any atom is 0.178 e. The minimum absolute atomic E-state index is 0.0289. The van der Waals surface area contributed by atoms with Crippen LogP contribution in [0, 0.1) is 5.92 Å². The molecule has 0 unspecified atom stereocenters. The van der Waals surface area contributed by atoms with Crippen LogP contribution < -0.4 is 0 Å². The van der Waals surface area contributed by atoms with Crippen LogP contribution in [0.3, 0.4) is 0 Å². The third-order valence-electron chi connectivity index (χ3n) is 3.56. The highest BCUT2D eigenvalue weighted by molar-refractivity contribution is 6.36. The SMILES string of the molecule is CN(CC(=O)c1ccc(Cl)cc1Cl)CC1CCOCC1. The van der Waals surface area contributed by atoms with Gasteiger partial charge in [-0.3, -0.25) is 9.69 Å². The Morgan fingerprint density at radius 3 is 2.70 bits per heavy atom. The summed E-state index contributed by atoms with van der Waals surface area (Å²) in [6.07, 6.45) is 2.14. The number of Topliss-reactive ketones (excluding diaryl/α,β-unsaturated/α-hetero) is 1. The number of carbonyl (C=O) groups excluding carboxylic acids is 1. The molecule has 0 radical (unpaired) electrons. The highest BCUT2D eigenvalue weighted by Crippen LogP contribution is 2.22. The van der Waals surface area contributed by atoms with Gasteiger partial charge in [-0.05, 0) is 44.0 Å². The molecule has 1 saturated heterocycles. The smallest absolute Gasteiger partial charge is 0.178 e. The summed E-state index contributed by atoms with van der Waals surface area (Å²) in [5.41, 5.74) is 0.537. The predicted molar refractivity (Wildman–Crippen MR) is 81.8 cm³/mol. The van der Waals surface area contributed by atoms with Gasteiger partial charge in [-0.2, -0.15) is 0 Å². The molecular formula is C15H19Cl2NO2. The number of halogens is 2. The van der Waals surface area contributed by atoms with E-state index in [0.717, 1.165) is 32.6 Å². The molecule has 5 heteroatoms. The lowest BCUT2D eigenvalue weighted by molar-refractivity contribution is 0.0549. The zero-order valence-electron chi connectivity index (χ0n) is 11.6. The van der Waals surface area contributed by atoms with E-state index in [1.165, 1.54) is 0 Å². The van der Waals surface area contributed by atoms with Crippen molar-refractivity contribution in [3.63, 3.8) is 0 Å². The van der Waals surface area contributed by atoms with Crippen LogP contribution in [-0.4, -0.2) is 44.0 Å². The summed E-state index contributed by atoms with van der Waals surface area (Å²) >= 11 is 11.9. The molecule has 20 heavy (non-hydrogen) atoms. The van der Waals surface area contributed by atoms with Crippen LogP contribution in [-0.2, 0) is 4.74 Å². The second-order valence-corrected chi connectivity index (χ2v) is 6.14. The van der Waals surface area contributed by atoms with Crippen molar-refractivity contribution in [1.82, 2.24) is 4.90 Å². The highest BCUT2D eigenvalue weighted by atomic mass is 35.5. The molecule has 1 heterocycles. The molecule has 1 fully saturated rings. The second kappa shape index (κ2) is 7.41. The van der Waals surface area contributed by atoms with E-state index in [9.17, 15) is 4.79 Å². The number of ether oxygens (including phenoxy) is 1. The minimum Gasteiger partial charge on any atom is -0.381 e. The molecule has 3 nitrogen and oxygen atoms in total. The maximum atomic E-state index is 12.2. The molecule has 1 aromatic rings. The summed E-state index contributed by atoms with van der Waals surface area (Å²) in [5.74, 6) is 0.642. The van der Waals surface area contributed by atoms with Gasteiger partial charge in [-0.1, -0.05) is 23.2 Å². The van der Waals surface area contributed by atoms with Gasteiger partial charge in [0.1, 0.15) is 0 Å². The lowest BCUT2D eigenvalue weighted by Crippen LogP contribution is -2.33. The monoisotopic (exact) mass is 315 g/mol. The molecule has 0 aliphatic carbocycles. The van der Waals surface area contributed by atoms with Crippen LogP contribution in [0.1, 0.15) is 23.2 Å². The summed E-state index contributed by atoms with van der Waals surface area (Å²) in [6.45, 7) is 2.95. The van der Waals surface area contributed by atoms with Gasteiger partial charge in [0.15, 0.2) is 5.78 Å². The molecule has 0 bridgehead atoms. The first kappa shape index (κ1) is 15.8. The molecule has 0 N–H and O–H groups in total. The number of carbonyl (C=O) groups is 1. The number of hydrogen-bond donors (Lipinski definition) is 0. The first-order chi connectivity index (χ1) is 9.56. The molecule has 0 saturated carbocycles. The zero-order valence-corrected chi connectivity index (χ0v) is 13.1. The Hall–Kier alpha value is -0.610. The molecule has 1 aliphatic heterocycles. The molecule has 0 atom stereocenters. The number of rotatable bonds is 5. The van der Waals surface area contributed by atoms with E-state index in [1.807, 2.05) is 7.05 Å². The number of nitrogens with zero attached hydrogens (tertiary/aromatic N) is 1. The summed E-state index contributed by atoms with van der Waals surface area (Å²) in [7, 11) is 1.97. The third kappa shape index (κ3) is 4.45. The van der Waals surface area contributed by atoms with Crippen LogP contribution in [0.2, 0.25) is 10.0 Å². The van der Waals surface area contributed by atoms with Crippen molar-refractivity contribution in [3.05, 3.63) is 33.8 Å². The van der Waals surface area contributed by atoms with Crippen molar-refractivity contribution in [2.45, 2.75) is 12.8 Å². The maximum absolute atomic E-state index is 12.2. The second-order valence-electron chi connectivity index (χ2n) is 5.30. The Kier molecular flexibility index (Phi) is 5.85. The Morgan fingerprint density at radius 2 is 2.05 bits per heavy atom. The van der Waals surface area contributed by atoms with Gasteiger partial charge in [0.25, 0.3) is 0 Å². The zero-order chi connectivity index (χ0) is 14.5. The van der Waals surface area contributed by atoms with Crippen molar-refractivity contribution < 1.29 is 9.53 Å². The lowest BCUT2D eigenvalue weighted by atomic mass is 9.99. The molecule has 110 valence electrons. The standard InChI is InChI=1S/C15H19Cl2NO2/c1-18(9-11-4-6-20-7-5-11)10-15(19)13-3-2-12(16)8-14(13)17/h2-3,8,11H,4-7,9-10H2,1H3. The van der Waals surface area contributed by atoms with E-state index in [4.69, 9.17) is 27.9 Å². The Bertz CT molecular complexity index is 473. The molecule has 2 rings (SSSR count). The molecule has 0 aromatic heterocycles. The molecule has 0 amide bonds. The van der Waals surface area contributed by atoms with E-state index in [0.29, 0.717) is 28.1 Å². The fraction of sp³-hybridized carbons (Fsp3) is 0.533. The number of ketones is 1. The van der Waals surface area contributed by atoms with E-state index in [2.05, 4.69) is 4.90 Å². The third-order valence-corrected chi connectivity index (χ3v) is 4.10. The molecular weight excluding hydrogens is 297 g/mol. The summed E-state index contributed by atoms with van der Waals surface area (Å²) in [4.78, 5) is 14.3. The fourth-order valence-corrected chi connectivity index (χ4v) is 2.99. The van der Waals surface area contributed by atoms with Crippen LogP contribution >= 0.6 is 23.2 Å². The molecule has 1 aliphatic rings. The van der Waals surface area contributed by atoms with Crippen molar-refractivity contribution in [2.75, 3.05) is 33.4 Å². The van der Waals surface area contributed by atoms with Gasteiger partial charge in [0, 0.05) is 30.3 Å². The molecule has 0 spiro atoms. The Labute approximate surface area is 129 Å². The van der Waals surface area contributed by atoms with E-state index in [-0.39, 0.29) is 5.78 Å². The number of hydrogen-bond acceptors (Lipinski definition) is 3. The van der Waals surface area contributed by atoms with E-state index in [1.54, 1.807) is 18.2 Å². The van der Waals surface area contributed by atoms with Crippen molar-refractivity contribution in [3.8, 4) is 0 Å². The van der Waals surface area contributed by atoms with Crippen molar-refractivity contribution in [1.29, 1.82) is 0 Å². The van der Waals surface area contributed by atoms with Crippen LogP contribution in [0.15, 0.2) is 18.2 Å². The van der Waals surface area contributed by atoms with Crippen molar-refractivity contribution >= 4 is 29.0 Å². The minimum atomic E-state index is 0.0289. The fourth-order valence-electron chi connectivity index (χ4n) is 2.48. The van der Waals surface area contributed by atoms with Gasteiger partial charge in [0.05, 0.1) is 11.6 Å². The number of benzene rings is 1. The van der Waals surface area contributed by atoms with Gasteiger partial charge >= 0.3 is 0 Å². The summed E-state index contributed by atoms with van der Waals surface area (Å²) in [6, 6.07) is 4.99. The topological polar surface area (TPSA) is 29.5 Å². The van der Waals surface area contributed by atoms with Gasteiger partial charge in [-0.25, -0.2) is 0 Å². The lowest BCUT2D eigenvalue weighted by Gasteiger charge is -2.26. The van der Waals surface area contributed by atoms with Crippen molar-refractivity contribution in [2.24, 2.45) is 5.92 Å². The Morgan fingerprint density at radius 1 is 1.35 bits per heavy atom.